The lowest BCUT2D eigenvalue weighted by molar-refractivity contribution is -0.112. The van der Waals surface area contributed by atoms with E-state index in [0.717, 1.165) is 39.6 Å². The number of benzene rings is 2. The molecule has 4 aromatic rings. The number of nitrogens with two attached hydrogens (primary N) is 1. The maximum absolute atomic E-state index is 12.3. The molecule has 3 heterocycles. The van der Waals surface area contributed by atoms with Gasteiger partial charge in [0, 0.05) is 22.8 Å². The van der Waals surface area contributed by atoms with Crippen LogP contribution < -0.4 is 16.4 Å². The first-order valence-electron chi connectivity index (χ1n) is 11.3. The molecule has 2 aliphatic rings. The molecule has 172 valence electrons. The SMILES string of the molecule is Nc1ncccc1C1(C=O)Cc2cc3ccc(CNc4cccc5c4C(=O)NC5=O)nc3cc2C1. The second kappa shape index (κ2) is 7.73. The topological polar surface area (TPSA) is 127 Å². The standard InChI is InChI=1S/C27H21N5O3/c28-24-20(4-2-8-29-24)27(14-33)11-16-9-15-6-7-18(31-22(15)10-17(16)12-27)13-30-21-5-1-3-19-23(21)26(35)32-25(19)34/h1-10,14,30H,11-13H2,(H2,28,29)(H,32,34,35). The van der Waals surface area contributed by atoms with Gasteiger partial charge in [-0.05, 0) is 60.4 Å². The van der Waals surface area contributed by atoms with Crippen molar-refractivity contribution in [3.05, 3.63) is 94.3 Å². The van der Waals surface area contributed by atoms with Gasteiger partial charge in [0.05, 0.1) is 34.3 Å². The minimum Gasteiger partial charge on any atom is -0.383 e. The van der Waals surface area contributed by atoms with Gasteiger partial charge in [-0.25, -0.2) is 4.98 Å². The molecule has 0 spiro atoms. The van der Waals surface area contributed by atoms with Gasteiger partial charge < -0.3 is 15.8 Å². The highest BCUT2D eigenvalue weighted by atomic mass is 16.2. The summed E-state index contributed by atoms with van der Waals surface area (Å²) in [4.78, 5) is 45.3. The van der Waals surface area contributed by atoms with Gasteiger partial charge in [-0.2, -0.15) is 0 Å². The number of amides is 2. The molecule has 6 rings (SSSR count). The Morgan fingerprint density at radius 2 is 1.86 bits per heavy atom. The second-order valence-corrected chi connectivity index (χ2v) is 9.04. The number of imide groups is 1. The number of anilines is 2. The maximum atomic E-state index is 12.3. The van der Waals surface area contributed by atoms with Crippen molar-refractivity contribution in [2.45, 2.75) is 24.8 Å². The highest BCUT2D eigenvalue weighted by molar-refractivity contribution is 6.23. The number of hydrogen-bond donors (Lipinski definition) is 3. The lowest BCUT2D eigenvalue weighted by Crippen LogP contribution is -2.30. The summed E-state index contributed by atoms with van der Waals surface area (Å²) in [5.74, 6) is -0.403. The van der Waals surface area contributed by atoms with E-state index >= 15 is 0 Å². The van der Waals surface area contributed by atoms with Crippen LogP contribution in [0.3, 0.4) is 0 Å². The third-order valence-corrected chi connectivity index (χ3v) is 6.90. The number of aromatic nitrogens is 2. The first-order chi connectivity index (χ1) is 17.0. The Labute approximate surface area is 200 Å². The Morgan fingerprint density at radius 1 is 1.03 bits per heavy atom. The maximum Gasteiger partial charge on any atom is 0.261 e. The quantitative estimate of drug-likeness (QED) is 0.307. The van der Waals surface area contributed by atoms with E-state index in [1.54, 1.807) is 30.5 Å². The van der Waals surface area contributed by atoms with Crippen molar-refractivity contribution in [3.63, 3.8) is 0 Å². The molecule has 1 atom stereocenters. The van der Waals surface area contributed by atoms with E-state index in [2.05, 4.69) is 21.7 Å². The number of carbonyl (C=O) groups excluding carboxylic acids is 3. The summed E-state index contributed by atoms with van der Waals surface area (Å²) in [6.45, 7) is 0.384. The smallest absolute Gasteiger partial charge is 0.261 e. The third kappa shape index (κ3) is 3.33. The summed E-state index contributed by atoms with van der Waals surface area (Å²) in [6, 6.07) is 16.9. The molecule has 1 aliphatic heterocycles. The third-order valence-electron chi connectivity index (χ3n) is 6.90. The fourth-order valence-electron chi connectivity index (χ4n) is 5.20. The highest BCUT2D eigenvalue weighted by Crippen LogP contribution is 2.41. The molecule has 0 fully saturated rings. The van der Waals surface area contributed by atoms with Gasteiger partial charge in [0.15, 0.2) is 0 Å². The van der Waals surface area contributed by atoms with E-state index in [0.29, 0.717) is 42.0 Å². The van der Waals surface area contributed by atoms with Gasteiger partial charge in [0.2, 0.25) is 0 Å². The van der Waals surface area contributed by atoms with Crippen molar-refractivity contribution >= 4 is 40.5 Å². The van der Waals surface area contributed by atoms with Gasteiger partial charge in [-0.3, -0.25) is 19.9 Å². The molecule has 1 aliphatic carbocycles. The Hall–Kier alpha value is -4.59. The first-order valence-corrected chi connectivity index (χ1v) is 11.3. The molecule has 4 N–H and O–H groups in total. The summed E-state index contributed by atoms with van der Waals surface area (Å²) < 4.78 is 0. The molecule has 2 amide bonds. The van der Waals surface area contributed by atoms with Crippen LogP contribution in [0.25, 0.3) is 10.9 Å². The van der Waals surface area contributed by atoms with Crippen molar-refractivity contribution in [2.75, 3.05) is 11.1 Å². The van der Waals surface area contributed by atoms with Crippen molar-refractivity contribution in [2.24, 2.45) is 0 Å². The summed E-state index contributed by atoms with van der Waals surface area (Å²) in [7, 11) is 0. The Bertz CT molecular complexity index is 1560. The lowest BCUT2D eigenvalue weighted by atomic mass is 9.79. The van der Waals surface area contributed by atoms with Crippen LogP contribution in [0.4, 0.5) is 11.5 Å². The number of hydrogen-bond acceptors (Lipinski definition) is 7. The molecule has 0 saturated heterocycles. The van der Waals surface area contributed by atoms with Crippen LogP contribution in [0.5, 0.6) is 0 Å². The predicted octanol–water partition coefficient (Wildman–Crippen LogP) is 2.94. The zero-order valence-electron chi connectivity index (χ0n) is 18.7. The summed E-state index contributed by atoms with van der Waals surface area (Å²) in [5, 5.41) is 6.55. The molecule has 8 heteroatoms. The number of nitrogen functional groups attached to an aromatic ring is 1. The number of nitrogens with one attached hydrogen (secondary N) is 2. The average molecular weight is 463 g/mol. The first kappa shape index (κ1) is 21.0. The fourth-order valence-corrected chi connectivity index (χ4v) is 5.20. The van der Waals surface area contributed by atoms with Gasteiger partial charge in [-0.1, -0.05) is 18.2 Å². The average Bonchev–Trinajstić information content (AvgIpc) is 3.38. The minimum absolute atomic E-state index is 0.357. The number of fused-ring (bicyclic) bond motifs is 3. The molecule has 0 radical (unpaired) electrons. The van der Waals surface area contributed by atoms with E-state index in [1.165, 1.54) is 0 Å². The number of rotatable bonds is 5. The molecule has 8 nitrogen and oxygen atoms in total. The number of pyridine rings is 2. The van der Waals surface area contributed by atoms with Crippen LogP contribution >= 0.6 is 0 Å². The molecule has 35 heavy (non-hydrogen) atoms. The normalized spacial score (nSPS) is 18.3. The van der Waals surface area contributed by atoms with Crippen LogP contribution in [0.2, 0.25) is 0 Å². The molecule has 2 aromatic carbocycles. The Morgan fingerprint density at radius 3 is 2.66 bits per heavy atom. The zero-order valence-corrected chi connectivity index (χ0v) is 18.7. The van der Waals surface area contributed by atoms with Gasteiger partial charge in [-0.15, -0.1) is 0 Å². The highest BCUT2D eigenvalue weighted by Gasteiger charge is 2.40. The van der Waals surface area contributed by atoms with E-state index in [-0.39, 0.29) is 5.91 Å². The van der Waals surface area contributed by atoms with Crippen molar-refractivity contribution in [1.29, 1.82) is 0 Å². The molecular formula is C27H21N5O3. The molecular weight excluding hydrogens is 442 g/mol. The fraction of sp³-hybridized carbons (Fsp3) is 0.148. The van der Waals surface area contributed by atoms with Crippen LogP contribution in [0.1, 0.15) is 43.1 Å². The van der Waals surface area contributed by atoms with E-state index < -0.39 is 11.3 Å². The number of carbonyl (C=O) groups is 3. The lowest BCUT2D eigenvalue weighted by Gasteiger charge is -2.23. The van der Waals surface area contributed by atoms with E-state index in [1.807, 2.05) is 24.3 Å². The molecule has 0 bridgehead atoms. The van der Waals surface area contributed by atoms with Crippen molar-refractivity contribution < 1.29 is 14.4 Å². The summed E-state index contributed by atoms with van der Waals surface area (Å²) in [6.07, 6.45) is 3.73. The Balaban J connectivity index is 1.29. The predicted molar refractivity (Wildman–Crippen MR) is 131 cm³/mol. The van der Waals surface area contributed by atoms with Gasteiger partial charge in [0.1, 0.15) is 12.1 Å². The minimum atomic E-state index is -0.728. The monoisotopic (exact) mass is 463 g/mol. The largest absolute Gasteiger partial charge is 0.383 e. The summed E-state index contributed by atoms with van der Waals surface area (Å²) >= 11 is 0. The van der Waals surface area contributed by atoms with E-state index in [4.69, 9.17) is 10.7 Å². The van der Waals surface area contributed by atoms with Gasteiger partial charge in [0.25, 0.3) is 11.8 Å². The van der Waals surface area contributed by atoms with Crippen molar-refractivity contribution in [3.8, 4) is 0 Å². The van der Waals surface area contributed by atoms with E-state index in [9.17, 15) is 14.4 Å². The molecule has 1 unspecified atom stereocenters. The Kier molecular flexibility index (Phi) is 4.63. The number of aldehydes is 1. The molecule has 2 aromatic heterocycles. The number of nitrogens with zero attached hydrogens (tertiary/aromatic N) is 2. The molecule has 0 saturated carbocycles. The summed E-state index contributed by atoms with van der Waals surface area (Å²) in [5.41, 5.74) is 11.3. The zero-order chi connectivity index (χ0) is 24.2. The van der Waals surface area contributed by atoms with Crippen LogP contribution in [0.15, 0.2) is 60.8 Å². The van der Waals surface area contributed by atoms with Crippen molar-refractivity contribution in [1.82, 2.24) is 15.3 Å². The van der Waals surface area contributed by atoms with Crippen LogP contribution in [0, 0.1) is 0 Å². The second-order valence-electron chi connectivity index (χ2n) is 9.04. The van der Waals surface area contributed by atoms with Gasteiger partial charge >= 0.3 is 0 Å². The van der Waals surface area contributed by atoms with Crippen LogP contribution in [-0.2, 0) is 29.6 Å². The van der Waals surface area contributed by atoms with Crippen LogP contribution in [-0.4, -0.2) is 28.1 Å².